The molecular formula is C34H42N4O6. The topological polar surface area (TPSA) is 128 Å². The molecular weight excluding hydrogens is 560 g/mol. The number of anilines is 1. The number of amides is 2. The van der Waals surface area contributed by atoms with E-state index in [-0.39, 0.29) is 17.2 Å². The first-order chi connectivity index (χ1) is 21.3. The van der Waals surface area contributed by atoms with Gasteiger partial charge in [-0.1, -0.05) is 31.9 Å². The summed E-state index contributed by atoms with van der Waals surface area (Å²) in [5.41, 5.74) is 3.99. The lowest BCUT2D eigenvalue weighted by molar-refractivity contribution is -0.122. The van der Waals surface area contributed by atoms with Gasteiger partial charge >= 0.3 is 0 Å². The second-order valence-corrected chi connectivity index (χ2v) is 10.8. The molecule has 234 valence electrons. The van der Waals surface area contributed by atoms with Gasteiger partial charge in [-0.05, 0) is 66.3 Å². The molecule has 0 saturated heterocycles. The van der Waals surface area contributed by atoms with Crippen molar-refractivity contribution < 1.29 is 23.8 Å². The highest BCUT2D eigenvalue weighted by molar-refractivity contribution is 5.86. The Morgan fingerprint density at radius 2 is 1.84 bits per heavy atom. The van der Waals surface area contributed by atoms with Crippen LogP contribution in [0, 0.1) is 0 Å². The van der Waals surface area contributed by atoms with Crippen LogP contribution in [-0.4, -0.2) is 50.7 Å². The molecule has 1 aliphatic rings. The minimum Gasteiger partial charge on any atom is -0.493 e. The van der Waals surface area contributed by atoms with Crippen molar-refractivity contribution in [3.05, 3.63) is 75.7 Å². The minimum absolute atomic E-state index is 0.179. The molecule has 44 heavy (non-hydrogen) atoms. The second kappa shape index (κ2) is 15.2. The Morgan fingerprint density at radius 1 is 1.05 bits per heavy atom. The van der Waals surface area contributed by atoms with Gasteiger partial charge in [0.2, 0.25) is 23.0 Å². The SMILES string of the molecule is CCCCC(Nc1ccc2c(cc1=O)[C@@H](NC(C)=O)CCc1cc(OC)c(OC)c(OC)c1-2)C(=O)NCCc1ccccn1. The Kier molecular flexibility index (Phi) is 11.2. The van der Waals surface area contributed by atoms with Gasteiger partial charge in [0.15, 0.2) is 11.5 Å². The molecule has 0 bridgehead atoms. The number of hydrogen-bond acceptors (Lipinski definition) is 8. The number of nitrogens with zero attached hydrogens (tertiary/aromatic N) is 1. The Bertz CT molecular complexity index is 1530. The van der Waals surface area contributed by atoms with Gasteiger partial charge in [0.05, 0.1) is 33.1 Å². The Hall–Kier alpha value is -4.60. The van der Waals surface area contributed by atoms with Crippen LogP contribution in [0.5, 0.6) is 17.2 Å². The highest BCUT2D eigenvalue weighted by Gasteiger charge is 2.30. The molecule has 1 heterocycles. The molecule has 0 radical (unpaired) electrons. The maximum atomic E-state index is 13.8. The number of rotatable bonds is 13. The molecule has 2 amide bonds. The Morgan fingerprint density at radius 3 is 2.50 bits per heavy atom. The zero-order valence-electron chi connectivity index (χ0n) is 26.1. The number of aromatic nitrogens is 1. The van der Waals surface area contributed by atoms with Gasteiger partial charge in [-0.15, -0.1) is 0 Å². The maximum Gasteiger partial charge on any atom is 0.242 e. The van der Waals surface area contributed by atoms with Crippen LogP contribution in [0.1, 0.15) is 62.4 Å². The van der Waals surface area contributed by atoms with E-state index in [1.165, 1.54) is 6.92 Å². The van der Waals surface area contributed by atoms with Crippen LogP contribution in [0.15, 0.2) is 53.5 Å². The fraction of sp³-hybridized carbons (Fsp3) is 0.412. The number of aryl methyl sites for hydroxylation is 1. The van der Waals surface area contributed by atoms with E-state index in [1.807, 2.05) is 30.3 Å². The molecule has 10 heteroatoms. The lowest BCUT2D eigenvalue weighted by Crippen LogP contribution is -2.41. The van der Waals surface area contributed by atoms with Crippen molar-refractivity contribution in [2.75, 3.05) is 33.2 Å². The lowest BCUT2D eigenvalue weighted by atomic mass is 9.95. The summed E-state index contributed by atoms with van der Waals surface area (Å²) in [7, 11) is 4.68. The third-order valence-electron chi connectivity index (χ3n) is 7.82. The van der Waals surface area contributed by atoms with E-state index in [0.29, 0.717) is 60.7 Å². The quantitative estimate of drug-likeness (QED) is 0.259. The Balaban J connectivity index is 1.75. The number of unbranched alkanes of at least 4 members (excludes halogenated alkanes) is 1. The average Bonchev–Trinajstić information content (AvgIpc) is 3.26. The van der Waals surface area contributed by atoms with E-state index in [2.05, 4.69) is 27.9 Å². The van der Waals surface area contributed by atoms with Gasteiger partial charge in [0.1, 0.15) is 6.04 Å². The summed E-state index contributed by atoms with van der Waals surface area (Å²) in [4.78, 5) is 43.6. The molecule has 0 saturated carbocycles. The summed E-state index contributed by atoms with van der Waals surface area (Å²) in [5.74, 6) is 1.07. The smallest absolute Gasteiger partial charge is 0.242 e. The number of benzene rings is 1. The molecule has 1 unspecified atom stereocenters. The van der Waals surface area contributed by atoms with Gasteiger partial charge < -0.3 is 30.2 Å². The molecule has 10 nitrogen and oxygen atoms in total. The fourth-order valence-corrected chi connectivity index (χ4v) is 5.67. The predicted octanol–water partition coefficient (Wildman–Crippen LogP) is 4.59. The van der Waals surface area contributed by atoms with Crippen LogP contribution in [0.2, 0.25) is 0 Å². The van der Waals surface area contributed by atoms with Crippen LogP contribution >= 0.6 is 0 Å². The number of pyridine rings is 1. The summed E-state index contributed by atoms with van der Waals surface area (Å²) < 4.78 is 17.1. The van der Waals surface area contributed by atoms with E-state index in [9.17, 15) is 14.4 Å². The van der Waals surface area contributed by atoms with Crippen molar-refractivity contribution in [3.63, 3.8) is 0 Å². The van der Waals surface area contributed by atoms with Gasteiger partial charge in [0.25, 0.3) is 0 Å². The average molecular weight is 603 g/mol. The summed E-state index contributed by atoms with van der Waals surface area (Å²) >= 11 is 0. The number of ether oxygens (including phenoxy) is 3. The third-order valence-corrected chi connectivity index (χ3v) is 7.82. The number of carbonyl (C=O) groups excluding carboxylic acids is 2. The summed E-state index contributed by atoms with van der Waals surface area (Å²) in [6, 6.07) is 11.7. The first-order valence-electron chi connectivity index (χ1n) is 15.0. The third kappa shape index (κ3) is 7.48. The number of fused-ring (bicyclic) bond motifs is 3. The van der Waals surface area contributed by atoms with E-state index in [1.54, 1.807) is 39.7 Å². The molecule has 2 aromatic carbocycles. The number of hydrogen-bond donors (Lipinski definition) is 3. The Labute approximate surface area is 258 Å². The summed E-state index contributed by atoms with van der Waals surface area (Å²) in [6.07, 6.45) is 5.77. The fourth-order valence-electron chi connectivity index (χ4n) is 5.67. The molecule has 1 aliphatic carbocycles. The highest BCUT2D eigenvalue weighted by Crippen LogP contribution is 2.50. The van der Waals surface area contributed by atoms with Crippen molar-refractivity contribution in [1.82, 2.24) is 15.6 Å². The van der Waals surface area contributed by atoms with Crippen LogP contribution in [0.4, 0.5) is 5.69 Å². The molecule has 0 spiro atoms. The number of methoxy groups -OCH3 is 3. The number of carbonyl (C=O) groups is 2. The lowest BCUT2D eigenvalue weighted by Gasteiger charge is -2.19. The molecule has 3 aromatic rings. The van der Waals surface area contributed by atoms with Crippen molar-refractivity contribution in [3.8, 4) is 28.4 Å². The normalized spacial score (nSPS) is 14.2. The van der Waals surface area contributed by atoms with Crippen molar-refractivity contribution in [2.45, 2.75) is 64.5 Å². The maximum absolute atomic E-state index is 13.8. The summed E-state index contributed by atoms with van der Waals surface area (Å²) in [6.45, 7) is 3.95. The van der Waals surface area contributed by atoms with Gasteiger partial charge in [-0.2, -0.15) is 0 Å². The first kappa shape index (κ1) is 32.3. The highest BCUT2D eigenvalue weighted by atomic mass is 16.5. The van der Waals surface area contributed by atoms with Crippen molar-refractivity contribution in [2.24, 2.45) is 0 Å². The van der Waals surface area contributed by atoms with Crippen LogP contribution < -0.4 is 35.6 Å². The van der Waals surface area contributed by atoms with Crippen LogP contribution in [0.3, 0.4) is 0 Å². The minimum atomic E-state index is -0.606. The molecule has 4 rings (SSSR count). The molecule has 1 aromatic heterocycles. The van der Waals surface area contributed by atoms with Crippen LogP contribution in [0.25, 0.3) is 11.1 Å². The molecule has 0 fully saturated rings. The standard InChI is InChI=1S/C34H42N4O6/c1-6-7-11-28(34(41)36-18-16-23-10-8-9-17-35-23)38-27-15-13-24-25(20-29(27)40)26(37-21(2)39)14-12-22-19-30(42-3)32(43-4)33(44-5)31(22)24/h8-10,13,15,17,19-20,26,28H,6-7,11-12,14,16,18H2,1-5H3,(H,36,41)(H,37,39)(H,38,40)/t26-,28?/m0/s1. The largest absolute Gasteiger partial charge is 0.493 e. The zero-order chi connectivity index (χ0) is 31.6. The van der Waals surface area contributed by atoms with E-state index < -0.39 is 12.1 Å². The second-order valence-electron chi connectivity index (χ2n) is 10.8. The van der Waals surface area contributed by atoms with Gasteiger partial charge in [-0.3, -0.25) is 19.4 Å². The van der Waals surface area contributed by atoms with E-state index >= 15 is 0 Å². The zero-order valence-corrected chi connectivity index (χ0v) is 26.1. The van der Waals surface area contributed by atoms with E-state index in [4.69, 9.17) is 14.2 Å². The monoisotopic (exact) mass is 602 g/mol. The van der Waals surface area contributed by atoms with Crippen molar-refractivity contribution in [1.29, 1.82) is 0 Å². The van der Waals surface area contributed by atoms with Crippen molar-refractivity contribution >= 4 is 17.5 Å². The van der Waals surface area contributed by atoms with Crippen LogP contribution in [-0.2, 0) is 22.4 Å². The predicted molar refractivity (Wildman–Crippen MR) is 171 cm³/mol. The molecule has 0 aliphatic heterocycles. The van der Waals surface area contributed by atoms with Gasteiger partial charge in [0, 0.05) is 37.3 Å². The summed E-state index contributed by atoms with van der Waals surface area (Å²) in [5, 5.41) is 9.25. The molecule has 2 atom stereocenters. The number of nitrogens with one attached hydrogen (secondary N) is 3. The first-order valence-corrected chi connectivity index (χ1v) is 15.0. The van der Waals surface area contributed by atoms with Gasteiger partial charge in [-0.25, -0.2) is 0 Å². The van der Waals surface area contributed by atoms with E-state index in [0.717, 1.165) is 35.2 Å². The molecule has 3 N–H and O–H groups in total.